The Morgan fingerprint density at radius 2 is 2.28 bits per heavy atom. The van der Waals surface area contributed by atoms with Gasteiger partial charge in [-0.05, 0) is 26.8 Å². The van der Waals surface area contributed by atoms with Crippen LogP contribution in [0.3, 0.4) is 0 Å². The topological polar surface area (TPSA) is 57.3 Å². The van der Waals surface area contributed by atoms with E-state index in [1.807, 2.05) is 12.3 Å². The zero-order valence-electron chi connectivity index (χ0n) is 11.5. The lowest BCUT2D eigenvalue weighted by Gasteiger charge is -2.14. The van der Waals surface area contributed by atoms with Crippen LogP contribution in [0.1, 0.15) is 38.9 Å². The quantitative estimate of drug-likeness (QED) is 0.835. The third kappa shape index (κ3) is 4.27. The minimum atomic E-state index is -0.118. The number of thiazole rings is 1. The molecular formula is C12H22N4OS. The van der Waals surface area contributed by atoms with E-state index < -0.39 is 0 Å². The van der Waals surface area contributed by atoms with Crippen molar-refractivity contribution in [2.24, 2.45) is 0 Å². The highest BCUT2D eigenvalue weighted by atomic mass is 32.1. The molecule has 102 valence electrons. The first-order valence-corrected chi connectivity index (χ1v) is 7.17. The maximum atomic E-state index is 11.7. The molecule has 1 heterocycles. The summed E-state index contributed by atoms with van der Waals surface area (Å²) in [6.07, 6.45) is 1.10. The molecule has 18 heavy (non-hydrogen) atoms. The molecule has 0 saturated heterocycles. The Morgan fingerprint density at radius 3 is 2.89 bits per heavy atom. The Balaban J connectivity index is 2.55. The van der Waals surface area contributed by atoms with Crippen LogP contribution in [0.15, 0.2) is 5.38 Å². The maximum absolute atomic E-state index is 11.7. The summed E-state index contributed by atoms with van der Waals surface area (Å²) in [6.45, 7) is 7.79. The summed E-state index contributed by atoms with van der Waals surface area (Å²) in [4.78, 5) is 17.7. The molecule has 0 spiro atoms. The molecule has 1 aromatic rings. The van der Waals surface area contributed by atoms with Gasteiger partial charge in [-0.25, -0.2) is 9.78 Å². The molecule has 2 N–H and O–H groups in total. The van der Waals surface area contributed by atoms with Crippen LogP contribution in [-0.4, -0.2) is 36.1 Å². The number of carbonyl (C=O) groups is 1. The second-order valence-electron chi connectivity index (χ2n) is 4.20. The van der Waals surface area contributed by atoms with Crippen molar-refractivity contribution in [1.82, 2.24) is 15.2 Å². The monoisotopic (exact) mass is 270 g/mol. The van der Waals surface area contributed by atoms with Crippen LogP contribution in [0.4, 0.5) is 9.93 Å². The summed E-state index contributed by atoms with van der Waals surface area (Å²) in [5.74, 6) is 0. The average Bonchev–Trinajstić information content (AvgIpc) is 2.83. The first-order valence-electron chi connectivity index (χ1n) is 6.29. The molecule has 1 rings (SSSR count). The van der Waals surface area contributed by atoms with E-state index in [0.29, 0.717) is 11.7 Å². The van der Waals surface area contributed by atoms with Gasteiger partial charge in [-0.15, -0.1) is 11.3 Å². The number of urea groups is 1. The molecule has 5 nitrogen and oxygen atoms in total. The molecule has 0 saturated carbocycles. The molecule has 1 unspecified atom stereocenters. The van der Waals surface area contributed by atoms with Crippen molar-refractivity contribution in [2.75, 3.05) is 25.5 Å². The molecule has 0 radical (unpaired) electrons. The number of nitrogens with zero attached hydrogens (tertiary/aromatic N) is 2. The largest absolute Gasteiger partial charge is 0.328 e. The van der Waals surface area contributed by atoms with Crippen molar-refractivity contribution in [1.29, 1.82) is 0 Å². The van der Waals surface area contributed by atoms with Crippen LogP contribution in [-0.2, 0) is 0 Å². The summed E-state index contributed by atoms with van der Waals surface area (Å²) in [7, 11) is 1.76. The lowest BCUT2D eigenvalue weighted by atomic mass is 10.2. The molecule has 6 heteroatoms. The van der Waals surface area contributed by atoms with Crippen LogP contribution >= 0.6 is 11.3 Å². The molecular weight excluding hydrogens is 248 g/mol. The zero-order chi connectivity index (χ0) is 13.5. The molecule has 0 bridgehead atoms. The number of hydrogen-bond acceptors (Lipinski definition) is 4. The van der Waals surface area contributed by atoms with Gasteiger partial charge in [0, 0.05) is 25.0 Å². The highest BCUT2D eigenvalue weighted by Gasteiger charge is 2.12. The van der Waals surface area contributed by atoms with Crippen molar-refractivity contribution in [3.63, 3.8) is 0 Å². The Morgan fingerprint density at radius 1 is 1.56 bits per heavy atom. The van der Waals surface area contributed by atoms with E-state index >= 15 is 0 Å². The van der Waals surface area contributed by atoms with Gasteiger partial charge in [0.1, 0.15) is 0 Å². The summed E-state index contributed by atoms with van der Waals surface area (Å²) >= 11 is 1.46. The molecule has 1 aromatic heterocycles. The first-order chi connectivity index (χ1) is 8.58. The van der Waals surface area contributed by atoms with E-state index in [1.54, 1.807) is 11.9 Å². The number of rotatable bonds is 6. The van der Waals surface area contributed by atoms with E-state index in [1.165, 1.54) is 11.3 Å². The van der Waals surface area contributed by atoms with Crippen molar-refractivity contribution >= 4 is 22.5 Å². The van der Waals surface area contributed by atoms with Crippen LogP contribution in [0.5, 0.6) is 0 Å². The van der Waals surface area contributed by atoms with Gasteiger partial charge < -0.3 is 10.2 Å². The highest BCUT2D eigenvalue weighted by Crippen LogP contribution is 2.20. The van der Waals surface area contributed by atoms with Crippen molar-refractivity contribution < 1.29 is 4.79 Å². The second kappa shape index (κ2) is 7.33. The second-order valence-corrected chi connectivity index (χ2v) is 5.06. The van der Waals surface area contributed by atoms with E-state index in [2.05, 4.69) is 29.5 Å². The van der Waals surface area contributed by atoms with Gasteiger partial charge in [-0.3, -0.25) is 5.32 Å². The first kappa shape index (κ1) is 14.9. The molecule has 0 aliphatic rings. The molecule has 1 atom stereocenters. The highest BCUT2D eigenvalue weighted by molar-refractivity contribution is 7.13. The molecule has 0 aliphatic heterocycles. The van der Waals surface area contributed by atoms with E-state index in [9.17, 15) is 4.79 Å². The minimum absolute atomic E-state index is 0.118. The number of anilines is 1. The standard InChI is InChI=1S/C12H22N4OS/c1-5-7-13-9(3)10-8-18-11(14-10)15-12(17)16(4)6-2/h8-9,13H,5-7H2,1-4H3,(H,14,15,17). The summed E-state index contributed by atoms with van der Waals surface area (Å²) in [5, 5.41) is 8.80. The third-order valence-corrected chi connectivity index (χ3v) is 3.48. The fourth-order valence-electron chi connectivity index (χ4n) is 1.34. The van der Waals surface area contributed by atoms with Gasteiger partial charge in [-0.2, -0.15) is 0 Å². The zero-order valence-corrected chi connectivity index (χ0v) is 12.3. The minimum Gasteiger partial charge on any atom is -0.328 e. The maximum Gasteiger partial charge on any atom is 0.323 e. The Labute approximate surface area is 113 Å². The molecule has 0 aliphatic carbocycles. The van der Waals surface area contributed by atoms with Crippen LogP contribution in [0.25, 0.3) is 0 Å². The summed E-state index contributed by atoms with van der Waals surface area (Å²) in [5.41, 5.74) is 0.975. The third-order valence-electron chi connectivity index (χ3n) is 2.70. The van der Waals surface area contributed by atoms with E-state index in [-0.39, 0.29) is 12.1 Å². The fraction of sp³-hybridized carbons (Fsp3) is 0.667. The Kier molecular flexibility index (Phi) is 6.07. The lowest BCUT2D eigenvalue weighted by Crippen LogP contribution is -2.30. The lowest BCUT2D eigenvalue weighted by molar-refractivity contribution is 0.224. The molecule has 0 fully saturated rings. The van der Waals surface area contributed by atoms with Gasteiger partial charge in [0.05, 0.1) is 5.69 Å². The predicted octanol–water partition coefficient (Wildman–Crippen LogP) is 2.69. The fourth-order valence-corrected chi connectivity index (χ4v) is 2.13. The van der Waals surface area contributed by atoms with Crippen molar-refractivity contribution in [3.8, 4) is 0 Å². The Bertz CT molecular complexity index is 380. The average molecular weight is 270 g/mol. The Hall–Kier alpha value is -1.14. The van der Waals surface area contributed by atoms with Crippen LogP contribution in [0.2, 0.25) is 0 Å². The smallest absolute Gasteiger partial charge is 0.323 e. The number of hydrogen-bond donors (Lipinski definition) is 2. The van der Waals surface area contributed by atoms with Gasteiger partial charge in [0.2, 0.25) is 0 Å². The van der Waals surface area contributed by atoms with Gasteiger partial charge >= 0.3 is 6.03 Å². The van der Waals surface area contributed by atoms with E-state index in [0.717, 1.165) is 18.7 Å². The van der Waals surface area contributed by atoms with Crippen molar-refractivity contribution in [2.45, 2.75) is 33.2 Å². The SMILES string of the molecule is CCCNC(C)c1csc(NC(=O)N(C)CC)n1. The van der Waals surface area contributed by atoms with E-state index in [4.69, 9.17) is 0 Å². The summed E-state index contributed by atoms with van der Waals surface area (Å²) < 4.78 is 0. The van der Waals surface area contributed by atoms with Crippen molar-refractivity contribution in [3.05, 3.63) is 11.1 Å². The predicted molar refractivity (Wildman–Crippen MR) is 76.1 cm³/mol. The number of carbonyl (C=O) groups excluding carboxylic acids is 1. The number of amides is 2. The van der Waals surface area contributed by atoms with Gasteiger partial charge in [0.25, 0.3) is 0 Å². The molecule has 0 aromatic carbocycles. The van der Waals surface area contributed by atoms with Gasteiger partial charge in [-0.1, -0.05) is 6.92 Å². The number of nitrogens with one attached hydrogen (secondary N) is 2. The number of aromatic nitrogens is 1. The van der Waals surface area contributed by atoms with Crippen LogP contribution < -0.4 is 10.6 Å². The van der Waals surface area contributed by atoms with Gasteiger partial charge in [0.15, 0.2) is 5.13 Å². The summed E-state index contributed by atoms with van der Waals surface area (Å²) in [6, 6.07) is 0.100. The molecule has 2 amide bonds. The normalized spacial score (nSPS) is 12.2. The van der Waals surface area contributed by atoms with Crippen LogP contribution in [0, 0.1) is 0 Å².